The van der Waals surface area contributed by atoms with Crippen LogP contribution in [-0.2, 0) is 39.0 Å². The van der Waals surface area contributed by atoms with Gasteiger partial charge in [-0.05, 0) is 160 Å². The first-order valence-electron chi connectivity index (χ1n) is 22.5. The number of methoxy groups -OCH3 is 1. The van der Waals surface area contributed by atoms with Crippen molar-refractivity contribution in [3.05, 3.63) is 124 Å². The molecule has 7 rings (SSSR count). The Morgan fingerprint density at radius 3 is 2.46 bits per heavy atom. The van der Waals surface area contributed by atoms with E-state index in [9.17, 15) is 27.9 Å². The molecule has 0 saturated heterocycles. The molecule has 3 aromatic carbocycles. The van der Waals surface area contributed by atoms with Gasteiger partial charge >= 0.3 is 18.1 Å². The summed E-state index contributed by atoms with van der Waals surface area (Å²) in [6.45, 7) is 5.58. The number of amides is 1. The van der Waals surface area contributed by atoms with Crippen molar-refractivity contribution in [3.8, 4) is 5.75 Å². The van der Waals surface area contributed by atoms with E-state index >= 15 is 0 Å². The SMILES string of the molecule is COC(=O)C1(N(C(=O)C(F)(F)F)c2cccc(Cl)c2)CCC2(CC1)c1cc([C@H](CO)N(C)CCCCc3ccccc3)ccc1C[C@@H]2C[C@@H](C)COc1ccnc2c1[C@H](C)CCC2. The number of aliphatic hydroxyl groups excluding tert-OH is 1. The number of esters is 1. The molecule has 1 aromatic heterocycles. The maximum Gasteiger partial charge on any atom is 0.471 e. The number of benzene rings is 3. The molecule has 0 aliphatic heterocycles. The van der Waals surface area contributed by atoms with Crippen molar-refractivity contribution >= 4 is 29.2 Å². The van der Waals surface area contributed by atoms with Crippen molar-refractivity contribution in [1.29, 1.82) is 0 Å². The van der Waals surface area contributed by atoms with Gasteiger partial charge in [0, 0.05) is 28.2 Å². The molecule has 3 aliphatic rings. The van der Waals surface area contributed by atoms with Gasteiger partial charge in [0.1, 0.15) is 11.3 Å². The lowest BCUT2D eigenvalue weighted by Crippen LogP contribution is -2.63. The summed E-state index contributed by atoms with van der Waals surface area (Å²) in [6.07, 6.45) is 4.66. The second-order valence-electron chi connectivity index (χ2n) is 18.4. The lowest BCUT2D eigenvalue weighted by molar-refractivity contribution is -0.174. The number of aryl methyl sites for hydroxylation is 2. The molecule has 63 heavy (non-hydrogen) atoms. The number of pyridine rings is 1. The van der Waals surface area contributed by atoms with Crippen LogP contribution in [0.3, 0.4) is 0 Å². The molecule has 12 heteroatoms. The van der Waals surface area contributed by atoms with Crippen molar-refractivity contribution in [2.45, 2.75) is 120 Å². The van der Waals surface area contributed by atoms with Gasteiger partial charge in [-0.2, -0.15) is 13.2 Å². The van der Waals surface area contributed by atoms with Gasteiger partial charge in [0.05, 0.1) is 26.4 Å². The van der Waals surface area contributed by atoms with Gasteiger partial charge in [0.2, 0.25) is 0 Å². The number of carbonyl (C=O) groups is 2. The van der Waals surface area contributed by atoms with E-state index in [0.717, 1.165) is 93.2 Å². The molecule has 3 aliphatic carbocycles. The maximum absolute atomic E-state index is 14.6. The highest BCUT2D eigenvalue weighted by Crippen LogP contribution is 2.58. The Morgan fingerprint density at radius 1 is 1.00 bits per heavy atom. The molecule has 1 N–H and O–H groups in total. The summed E-state index contributed by atoms with van der Waals surface area (Å²) in [4.78, 5) is 35.0. The Bertz CT molecular complexity index is 2210. The molecule has 0 radical (unpaired) electrons. The van der Waals surface area contributed by atoms with Crippen molar-refractivity contribution in [1.82, 2.24) is 9.88 Å². The van der Waals surface area contributed by atoms with Crippen molar-refractivity contribution in [3.63, 3.8) is 0 Å². The largest absolute Gasteiger partial charge is 0.493 e. The average molecular weight is 889 g/mol. The number of aromatic nitrogens is 1. The van der Waals surface area contributed by atoms with Crippen LogP contribution in [0, 0.1) is 11.8 Å². The number of likely N-dealkylation sites (N-methyl/N-ethyl adjacent to an activating group) is 1. The second-order valence-corrected chi connectivity index (χ2v) is 18.8. The van der Waals surface area contributed by atoms with Crippen molar-refractivity contribution in [2.24, 2.45) is 11.8 Å². The number of ether oxygens (including phenoxy) is 2. The van der Waals surface area contributed by atoms with Gasteiger partial charge in [-0.1, -0.05) is 80.0 Å². The van der Waals surface area contributed by atoms with Gasteiger partial charge in [-0.3, -0.25) is 19.6 Å². The highest BCUT2D eigenvalue weighted by atomic mass is 35.5. The van der Waals surface area contributed by atoms with E-state index in [-0.39, 0.29) is 48.0 Å². The smallest absolute Gasteiger partial charge is 0.471 e. The Hall–Kier alpha value is -4.45. The number of hydrogen-bond acceptors (Lipinski definition) is 7. The van der Waals surface area contributed by atoms with Crippen LogP contribution in [0.5, 0.6) is 5.75 Å². The number of halogens is 4. The maximum atomic E-state index is 14.6. The minimum absolute atomic E-state index is 0.0588. The molecule has 4 aromatic rings. The Morgan fingerprint density at radius 2 is 1.76 bits per heavy atom. The first kappa shape index (κ1) is 46.5. The van der Waals surface area contributed by atoms with E-state index in [2.05, 4.69) is 66.2 Å². The summed E-state index contributed by atoms with van der Waals surface area (Å²) in [7, 11) is 3.18. The highest BCUT2D eigenvalue weighted by molar-refractivity contribution is 6.31. The molecule has 1 spiro atoms. The van der Waals surface area contributed by atoms with Crippen molar-refractivity contribution in [2.75, 3.05) is 38.8 Å². The third kappa shape index (κ3) is 9.81. The first-order valence-corrected chi connectivity index (χ1v) is 22.9. The predicted octanol–water partition coefficient (Wildman–Crippen LogP) is 10.8. The minimum Gasteiger partial charge on any atom is -0.493 e. The van der Waals surface area contributed by atoms with E-state index in [4.69, 9.17) is 21.1 Å². The van der Waals surface area contributed by atoms with Crippen LogP contribution in [0.1, 0.15) is 117 Å². The quantitative estimate of drug-likeness (QED) is 0.0885. The monoisotopic (exact) mass is 887 g/mol. The lowest BCUT2D eigenvalue weighted by atomic mass is 9.59. The van der Waals surface area contributed by atoms with E-state index in [1.165, 1.54) is 35.4 Å². The number of aliphatic hydroxyl groups is 1. The first-order chi connectivity index (χ1) is 30.2. The van der Waals surface area contributed by atoms with Gasteiger partial charge < -0.3 is 14.6 Å². The number of alkyl halides is 3. The Kier molecular flexibility index (Phi) is 14.6. The number of carbonyl (C=O) groups excluding carboxylic acids is 2. The molecule has 1 saturated carbocycles. The number of anilines is 1. The van der Waals surface area contributed by atoms with Crippen molar-refractivity contribution < 1.29 is 37.3 Å². The molecule has 0 unspecified atom stereocenters. The molecule has 8 nitrogen and oxygen atoms in total. The third-order valence-corrected chi connectivity index (χ3v) is 14.6. The second kappa shape index (κ2) is 19.7. The molecule has 338 valence electrons. The van der Waals surface area contributed by atoms with Crippen LogP contribution in [0.2, 0.25) is 5.02 Å². The summed E-state index contributed by atoms with van der Waals surface area (Å²) in [6, 6.07) is 24.2. The van der Waals surface area contributed by atoms with Gasteiger partial charge in [0.25, 0.3) is 0 Å². The van der Waals surface area contributed by atoms with Crippen LogP contribution in [0.15, 0.2) is 85.1 Å². The number of rotatable bonds is 16. The van der Waals surface area contributed by atoms with Gasteiger partial charge in [-0.25, -0.2) is 4.79 Å². The van der Waals surface area contributed by atoms with E-state index < -0.39 is 29.0 Å². The molecule has 1 amide bonds. The number of hydrogen-bond donors (Lipinski definition) is 1. The van der Waals surface area contributed by atoms with Crippen LogP contribution >= 0.6 is 11.6 Å². The topological polar surface area (TPSA) is 92.2 Å². The highest BCUT2D eigenvalue weighted by Gasteiger charge is 2.60. The zero-order valence-electron chi connectivity index (χ0n) is 36.9. The number of fused-ring (bicyclic) bond motifs is 3. The molecular formula is C51H61ClF3N3O5. The van der Waals surface area contributed by atoms with Crippen LogP contribution in [0.4, 0.5) is 18.9 Å². The fourth-order valence-electron chi connectivity index (χ4n) is 11.1. The zero-order valence-corrected chi connectivity index (χ0v) is 37.7. The number of unbranched alkanes of at least 4 members (excludes halogenated alkanes) is 1. The van der Waals surface area contributed by atoms with Gasteiger partial charge in [0.15, 0.2) is 0 Å². The fourth-order valence-corrected chi connectivity index (χ4v) is 11.3. The Labute approximate surface area is 375 Å². The number of nitrogens with zero attached hydrogens (tertiary/aromatic N) is 3. The Balaban J connectivity index is 1.20. The van der Waals surface area contributed by atoms with Gasteiger partial charge in [-0.15, -0.1) is 0 Å². The summed E-state index contributed by atoms with van der Waals surface area (Å²) in [5, 5.41) is 11.0. The standard InChI is InChI=1S/C51H61ClF3N3O5/c1-34(33-63-45-21-26-56-43-18-10-12-35(2)46(43)45)28-39-29-37-19-20-38(44(32-59)57(3)27-9-8-15-36-13-6-5-7-14-36)30-42(37)49(39)22-24-50(25-23-49,48(61)62-4)58(47(60)51(53,54)55)41-17-11-16-40(52)31-41/h5-7,11,13-14,16-17,19-21,26,30-31,34-35,39,44,59H,8-10,12,15,18,22-25,27-29,32-33H2,1-4H3/t34-,35-,39+,44+,49?,50?/m1/s1. The normalized spacial score (nSPS) is 22.9. The third-order valence-electron chi connectivity index (χ3n) is 14.3. The fraction of sp³-hybridized carbons (Fsp3) is 0.510. The van der Waals surface area contributed by atoms with E-state index in [0.29, 0.717) is 30.3 Å². The summed E-state index contributed by atoms with van der Waals surface area (Å²) >= 11 is 6.30. The van der Waals surface area contributed by atoms with Crippen LogP contribution in [0.25, 0.3) is 0 Å². The van der Waals surface area contributed by atoms with E-state index in [1.807, 2.05) is 25.4 Å². The predicted molar refractivity (Wildman–Crippen MR) is 240 cm³/mol. The lowest BCUT2D eigenvalue weighted by Gasteiger charge is -2.51. The zero-order chi connectivity index (χ0) is 44.9. The summed E-state index contributed by atoms with van der Waals surface area (Å²) in [5.41, 5.74) is 4.20. The molecule has 1 fully saturated rings. The molecule has 0 bridgehead atoms. The van der Waals surface area contributed by atoms with Crippen LogP contribution in [-0.4, -0.2) is 72.5 Å². The average Bonchev–Trinajstić information content (AvgIpc) is 3.56. The summed E-state index contributed by atoms with van der Waals surface area (Å²) < 4.78 is 55.6. The minimum atomic E-state index is -5.27. The van der Waals surface area contributed by atoms with E-state index in [1.54, 1.807) is 0 Å². The van der Waals surface area contributed by atoms with Crippen LogP contribution < -0.4 is 9.64 Å². The molecule has 1 heterocycles. The molecule has 4 atom stereocenters. The molecular weight excluding hydrogens is 827 g/mol. The summed E-state index contributed by atoms with van der Waals surface area (Å²) in [5.74, 6) is -1.64.